The van der Waals surface area contributed by atoms with Crippen molar-refractivity contribution in [3.63, 3.8) is 0 Å². The minimum absolute atomic E-state index is 0.0361. The molecule has 0 unspecified atom stereocenters. The summed E-state index contributed by atoms with van der Waals surface area (Å²) in [4.78, 5) is 19.8. The third-order valence-corrected chi connectivity index (χ3v) is 5.49. The van der Waals surface area contributed by atoms with Crippen LogP contribution in [0.2, 0.25) is 0 Å². The third kappa shape index (κ3) is 7.07. The number of benzene rings is 2. The fourth-order valence-corrected chi connectivity index (χ4v) is 3.64. The number of hydrogen-bond donors (Lipinski definition) is 6. The number of carbonyl (C=O) groups excluding carboxylic acids is 1. The van der Waals surface area contributed by atoms with Crippen LogP contribution in [0.4, 0.5) is 33.2 Å². The van der Waals surface area contributed by atoms with E-state index in [1.807, 2.05) is 0 Å². The Morgan fingerprint density at radius 3 is 2.60 bits per heavy atom. The molecule has 1 heterocycles. The molecule has 35 heavy (non-hydrogen) atoms. The van der Waals surface area contributed by atoms with Crippen molar-refractivity contribution >= 4 is 44.8 Å². The lowest BCUT2D eigenvalue weighted by atomic mass is 10.2. The number of halogens is 1. The van der Waals surface area contributed by atoms with Crippen LogP contribution in [0.15, 0.2) is 53.6 Å². The number of carbonyl (C=O) groups is 1. The molecule has 0 bridgehead atoms. The zero-order valence-corrected chi connectivity index (χ0v) is 19.2. The van der Waals surface area contributed by atoms with E-state index in [0.717, 1.165) is 6.20 Å². The van der Waals surface area contributed by atoms with Crippen molar-refractivity contribution in [1.82, 2.24) is 9.97 Å². The van der Waals surface area contributed by atoms with Crippen molar-refractivity contribution in [2.24, 2.45) is 10.9 Å². The van der Waals surface area contributed by atoms with Crippen LogP contribution in [-0.2, 0) is 14.8 Å². The summed E-state index contributed by atoms with van der Waals surface area (Å²) in [7, 11) is -4.08. The summed E-state index contributed by atoms with van der Waals surface area (Å²) in [5.74, 6) is -1.66. The van der Waals surface area contributed by atoms with Gasteiger partial charge in [0.15, 0.2) is 0 Å². The monoisotopic (exact) mass is 505 g/mol. The van der Waals surface area contributed by atoms with Crippen LogP contribution >= 0.6 is 0 Å². The van der Waals surface area contributed by atoms with Crippen LogP contribution in [0.5, 0.6) is 0 Å². The lowest BCUT2D eigenvalue weighted by molar-refractivity contribution is 0.0992. The van der Waals surface area contributed by atoms with Gasteiger partial charge in [-0.1, -0.05) is 12.1 Å². The Morgan fingerprint density at radius 1 is 1.11 bits per heavy atom. The molecule has 1 amide bonds. The average Bonchev–Trinajstić information content (AvgIpc) is 2.80. The van der Waals surface area contributed by atoms with Crippen LogP contribution in [0, 0.1) is 5.82 Å². The maximum absolute atomic E-state index is 14.4. The molecule has 2 aromatic carbocycles. The highest BCUT2D eigenvalue weighted by atomic mass is 32.2. The van der Waals surface area contributed by atoms with Crippen molar-refractivity contribution in [3.05, 3.63) is 60.0 Å². The molecule has 3 aromatic rings. The number of hydrogen-bond acceptors (Lipinski definition) is 10. The second-order valence-corrected chi connectivity index (χ2v) is 8.60. The first-order valence-corrected chi connectivity index (χ1v) is 11.8. The lowest BCUT2D eigenvalue weighted by Gasteiger charge is -2.14. The second kappa shape index (κ2) is 11.5. The van der Waals surface area contributed by atoms with Crippen molar-refractivity contribution < 1.29 is 27.4 Å². The molecule has 0 atom stereocenters. The van der Waals surface area contributed by atoms with Crippen LogP contribution in [0.25, 0.3) is 0 Å². The maximum atomic E-state index is 14.4. The van der Waals surface area contributed by atoms with E-state index < -0.39 is 21.7 Å². The van der Waals surface area contributed by atoms with Gasteiger partial charge in [-0.25, -0.2) is 22.9 Å². The number of nitrogens with zero attached hydrogens (tertiary/aromatic N) is 2. The molecule has 0 aliphatic heterocycles. The van der Waals surface area contributed by atoms with Gasteiger partial charge >= 0.3 is 0 Å². The number of aliphatic hydroxyl groups is 1. The zero-order valence-electron chi connectivity index (χ0n) is 18.4. The van der Waals surface area contributed by atoms with Gasteiger partial charge in [-0.3, -0.25) is 4.79 Å². The SMILES string of the molecule is NC(=O)c1cnc(Nc2cc(NCCOCCO)ccc2F)nc1Nc1ccccc1S(N)(=O)=O. The van der Waals surface area contributed by atoms with E-state index in [2.05, 4.69) is 25.9 Å². The number of aliphatic hydroxyl groups excluding tert-OH is 1. The standard InChI is InChI=1S/C21H24FN7O5S/c22-15-6-5-13(25-7-9-34-10-8-30)11-17(15)28-21-26-12-14(19(23)31)20(29-21)27-16-3-1-2-4-18(16)35(24,32)33/h1-6,11-12,25,30H,7-10H2,(H2,23,31)(H2,24,32,33)(H2,26,27,28,29). The fraction of sp³-hybridized carbons (Fsp3) is 0.190. The topological polar surface area (TPSA) is 195 Å². The summed E-state index contributed by atoms with van der Waals surface area (Å²) in [6.45, 7) is 0.901. The summed E-state index contributed by atoms with van der Waals surface area (Å²) < 4.78 is 43.4. The number of primary sulfonamides is 1. The average molecular weight is 506 g/mol. The number of sulfonamides is 1. The number of ether oxygens (including phenoxy) is 1. The molecule has 0 aliphatic carbocycles. The molecule has 14 heteroatoms. The Labute approximate surface area is 200 Å². The van der Waals surface area contributed by atoms with Crippen molar-refractivity contribution in [2.75, 3.05) is 42.3 Å². The predicted octanol–water partition coefficient (Wildman–Crippen LogP) is 1.27. The first-order valence-electron chi connectivity index (χ1n) is 10.2. The van der Waals surface area contributed by atoms with Gasteiger partial charge in [0.2, 0.25) is 16.0 Å². The van der Waals surface area contributed by atoms with Gasteiger partial charge in [0.05, 0.1) is 31.2 Å². The number of primary amides is 1. The number of aromatic nitrogens is 2. The highest BCUT2D eigenvalue weighted by Gasteiger charge is 2.18. The number of para-hydroxylation sites is 1. The van der Waals surface area contributed by atoms with Gasteiger partial charge in [0.1, 0.15) is 22.1 Å². The van der Waals surface area contributed by atoms with Gasteiger partial charge in [-0.2, -0.15) is 4.98 Å². The predicted molar refractivity (Wildman–Crippen MR) is 128 cm³/mol. The van der Waals surface area contributed by atoms with E-state index in [0.29, 0.717) is 18.8 Å². The molecule has 186 valence electrons. The molecular weight excluding hydrogens is 481 g/mol. The highest BCUT2D eigenvalue weighted by molar-refractivity contribution is 7.89. The second-order valence-electron chi connectivity index (χ2n) is 7.07. The quantitative estimate of drug-likeness (QED) is 0.195. The molecule has 0 spiro atoms. The zero-order chi connectivity index (χ0) is 25.4. The van der Waals surface area contributed by atoms with Gasteiger partial charge in [0.25, 0.3) is 5.91 Å². The fourth-order valence-electron chi connectivity index (χ4n) is 2.95. The number of rotatable bonds is 12. The minimum Gasteiger partial charge on any atom is -0.394 e. The van der Waals surface area contributed by atoms with Crippen LogP contribution in [0.3, 0.4) is 0 Å². The van der Waals surface area contributed by atoms with Crippen molar-refractivity contribution in [2.45, 2.75) is 4.90 Å². The summed E-state index contributed by atoms with van der Waals surface area (Å²) in [6.07, 6.45) is 1.12. The van der Waals surface area contributed by atoms with E-state index in [9.17, 15) is 17.6 Å². The molecule has 0 saturated heterocycles. The minimum atomic E-state index is -4.08. The normalized spacial score (nSPS) is 11.2. The first kappa shape index (κ1) is 25.8. The molecule has 0 fully saturated rings. The molecule has 8 N–H and O–H groups in total. The molecule has 0 radical (unpaired) electrons. The Morgan fingerprint density at radius 2 is 1.89 bits per heavy atom. The number of nitrogens with one attached hydrogen (secondary N) is 3. The van der Waals surface area contributed by atoms with Crippen LogP contribution in [0.1, 0.15) is 10.4 Å². The number of anilines is 5. The molecule has 0 aliphatic rings. The van der Waals surface area contributed by atoms with Gasteiger partial charge in [0, 0.05) is 18.4 Å². The lowest BCUT2D eigenvalue weighted by Crippen LogP contribution is -2.18. The molecular formula is C21H24FN7O5S. The van der Waals surface area contributed by atoms with E-state index in [1.54, 1.807) is 6.07 Å². The summed E-state index contributed by atoms with van der Waals surface area (Å²) >= 11 is 0. The van der Waals surface area contributed by atoms with Crippen LogP contribution < -0.4 is 26.8 Å². The number of nitrogens with two attached hydrogens (primary N) is 2. The Hall–Kier alpha value is -3.85. The van der Waals surface area contributed by atoms with Gasteiger partial charge < -0.3 is 31.5 Å². The van der Waals surface area contributed by atoms with E-state index >= 15 is 0 Å². The number of amides is 1. The van der Waals surface area contributed by atoms with Crippen molar-refractivity contribution in [1.29, 1.82) is 0 Å². The van der Waals surface area contributed by atoms with E-state index in [1.165, 1.54) is 36.4 Å². The summed E-state index contributed by atoms with van der Waals surface area (Å²) in [5.41, 5.74) is 5.95. The van der Waals surface area contributed by atoms with Crippen molar-refractivity contribution in [3.8, 4) is 0 Å². The Balaban J connectivity index is 1.86. The summed E-state index contributed by atoms with van der Waals surface area (Å²) in [5, 5.41) is 22.5. The largest absolute Gasteiger partial charge is 0.394 e. The smallest absolute Gasteiger partial charge is 0.254 e. The molecule has 0 saturated carbocycles. The highest BCUT2D eigenvalue weighted by Crippen LogP contribution is 2.27. The van der Waals surface area contributed by atoms with Crippen LogP contribution in [-0.4, -0.2) is 55.8 Å². The third-order valence-electron chi connectivity index (χ3n) is 4.52. The Kier molecular flexibility index (Phi) is 8.48. The van der Waals surface area contributed by atoms with E-state index in [4.69, 9.17) is 20.7 Å². The first-order chi connectivity index (χ1) is 16.7. The van der Waals surface area contributed by atoms with Gasteiger partial charge in [-0.15, -0.1) is 0 Å². The van der Waals surface area contributed by atoms with Gasteiger partial charge in [-0.05, 0) is 30.3 Å². The molecule has 3 rings (SSSR count). The molecule has 1 aromatic heterocycles. The van der Waals surface area contributed by atoms with E-state index in [-0.39, 0.29) is 46.8 Å². The maximum Gasteiger partial charge on any atom is 0.254 e. The Bertz CT molecular complexity index is 1310. The summed E-state index contributed by atoms with van der Waals surface area (Å²) in [6, 6.07) is 10.00. The molecule has 12 nitrogen and oxygen atoms in total.